The van der Waals surface area contributed by atoms with Gasteiger partial charge in [-0.1, -0.05) is 27.7 Å². The minimum absolute atomic E-state index is 0.0835. The first kappa shape index (κ1) is 21.9. The van der Waals surface area contributed by atoms with Crippen molar-refractivity contribution < 1.29 is 14.7 Å². The molecule has 0 bridgehead atoms. The predicted octanol–water partition coefficient (Wildman–Crippen LogP) is 2.00. The molecule has 1 rings (SSSR count). The molecule has 1 amide bonds. The maximum Gasteiger partial charge on any atom is 0.317 e. The quantitative estimate of drug-likeness (QED) is 0.685. The van der Waals surface area contributed by atoms with E-state index in [1.807, 2.05) is 16.8 Å². The Morgan fingerprint density at radius 1 is 1.08 bits per heavy atom. The summed E-state index contributed by atoms with van der Waals surface area (Å²) in [6.45, 7) is 12.6. The van der Waals surface area contributed by atoms with Gasteiger partial charge < -0.3 is 10.0 Å². The van der Waals surface area contributed by atoms with E-state index >= 15 is 0 Å². The van der Waals surface area contributed by atoms with Gasteiger partial charge in [-0.25, -0.2) is 0 Å². The van der Waals surface area contributed by atoms with Crippen LogP contribution in [-0.4, -0.2) is 84.0 Å². The number of carbonyl (C=O) groups is 2. The zero-order valence-corrected chi connectivity index (χ0v) is 16.7. The van der Waals surface area contributed by atoms with Crippen LogP contribution in [0.2, 0.25) is 0 Å². The Kier molecular flexibility index (Phi) is 9.43. The topological polar surface area (TPSA) is 64.1 Å². The van der Waals surface area contributed by atoms with Gasteiger partial charge in [-0.05, 0) is 44.7 Å². The van der Waals surface area contributed by atoms with Crippen molar-refractivity contribution in [2.24, 2.45) is 11.8 Å². The standard InChI is InChI=1S/C19H37N3O3/c1-15(2)11-22(12-16(3)4)18(23)13-21-9-6-7-17(8-10-21)20(5)14-19(24)25/h15-17H,6-14H2,1-5H3,(H,24,25). The monoisotopic (exact) mass is 355 g/mol. The van der Waals surface area contributed by atoms with E-state index < -0.39 is 5.97 Å². The summed E-state index contributed by atoms with van der Waals surface area (Å²) in [5.74, 6) is 0.387. The Labute approximate surface area is 153 Å². The normalized spacial score (nSPS) is 19.4. The number of carbonyl (C=O) groups excluding carboxylic acids is 1. The van der Waals surface area contributed by atoms with Crippen molar-refractivity contribution in [1.29, 1.82) is 0 Å². The van der Waals surface area contributed by atoms with Gasteiger partial charge in [-0.3, -0.25) is 19.4 Å². The maximum absolute atomic E-state index is 12.8. The third-order valence-electron chi connectivity index (χ3n) is 4.68. The summed E-state index contributed by atoms with van der Waals surface area (Å²) in [6.07, 6.45) is 2.93. The lowest BCUT2D eigenvalue weighted by atomic mass is 10.1. The first-order valence-corrected chi connectivity index (χ1v) is 9.61. The van der Waals surface area contributed by atoms with E-state index in [2.05, 4.69) is 32.6 Å². The van der Waals surface area contributed by atoms with Crippen LogP contribution in [-0.2, 0) is 9.59 Å². The number of nitrogens with zero attached hydrogens (tertiary/aromatic N) is 3. The highest BCUT2D eigenvalue weighted by Crippen LogP contribution is 2.16. The fourth-order valence-corrected chi connectivity index (χ4v) is 3.53. The lowest BCUT2D eigenvalue weighted by molar-refractivity contribution is -0.138. The zero-order valence-electron chi connectivity index (χ0n) is 16.7. The summed E-state index contributed by atoms with van der Waals surface area (Å²) >= 11 is 0. The summed E-state index contributed by atoms with van der Waals surface area (Å²) in [5, 5.41) is 8.96. The molecule has 6 nitrogen and oxygen atoms in total. The van der Waals surface area contributed by atoms with E-state index in [9.17, 15) is 9.59 Å². The Hall–Kier alpha value is -1.14. The maximum atomic E-state index is 12.8. The van der Waals surface area contributed by atoms with Gasteiger partial charge in [0.05, 0.1) is 13.1 Å². The molecule has 1 N–H and O–H groups in total. The average molecular weight is 356 g/mol. The minimum atomic E-state index is -0.781. The van der Waals surface area contributed by atoms with Crippen LogP contribution >= 0.6 is 0 Å². The summed E-state index contributed by atoms with van der Waals surface area (Å²) in [6, 6.07) is 0.290. The molecular formula is C19H37N3O3. The first-order valence-electron chi connectivity index (χ1n) is 9.61. The molecule has 146 valence electrons. The Balaban J connectivity index is 2.55. The van der Waals surface area contributed by atoms with Crippen LogP contribution in [0.25, 0.3) is 0 Å². The van der Waals surface area contributed by atoms with Crippen molar-refractivity contribution in [1.82, 2.24) is 14.7 Å². The van der Waals surface area contributed by atoms with Gasteiger partial charge in [0.1, 0.15) is 0 Å². The van der Waals surface area contributed by atoms with Crippen molar-refractivity contribution in [3.8, 4) is 0 Å². The molecule has 0 spiro atoms. The number of hydrogen-bond donors (Lipinski definition) is 1. The van der Waals surface area contributed by atoms with Crippen molar-refractivity contribution in [2.75, 3.05) is 46.3 Å². The summed E-state index contributed by atoms with van der Waals surface area (Å²) in [4.78, 5) is 29.8. The Morgan fingerprint density at radius 3 is 2.20 bits per heavy atom. The number of amides is 1. The number of likely N-dealkylation sites (tertiary alicyclic amines) is 1. The molecule has 1 aliphatic rings. The van der Waals surface area contributed by atoms with E-state index in [0.717, 1.165) is 45.4 Å². The van der Waals surface area contributed by atoms with Crippen molar-refractivity contribution >= 4 is 11.9 Å². The Morgan fingerprint density at radius 2 is 1.68 bits per heavy atom. The number of likely N-dealkylation sites (N-methyl/N-ethyl adjacent to an activating group) is 1. The molecule has 0 radical (unpaired) electrons. The highest BCUT2D eigenvalue weighted by Gasteiger charge is 2.24. The Bertz CT molecular complexity index is 416. The molecule has 6 heteroatoms. The molecule has 1 fully saturated rings. The molecule has 0 aromatic heterocycles. The van der Waals surface area contributed by atoms with Gasteiger partial charge in [0.2, 0.25) is 5.91 Å². The molecule has 1 atom stereocenters. The number of hydrogen-bond acceptors (Lipinski definition) is 4. The van der Waals surface area contributed by atoms with Gasteiger partial charge in [-0.15, -0.1) is 0 Å². The van der Waals surface area contributed by atoms with Crippen LogP contribution in [0.1, 0.15) is 47.0 Å². The first-order chi connectivity index (χ1) is 11.7. The van der Waals surface area contributed by atoms with Crippen LogP contribution in [0.4, 0.5) is 0 Å². The minimum Gasteiger partial charge on any atom is -0.480 e. The second-order valence-corrected chi connectivity index (χ2v) is 8.26. The fourth-order valence-electron chi connectivity index (χ4n) is 3.53. The molecule has 1 aliphatic heterocycles. The van der Waals surface area contributed by atoms with E-state index in [1.54, 1.807) is 0 Å². The summed E-state index contributed by atoms with van der Waals surface area (Å²) < 4.78 is 0. The predicted molar refractivity (Wildman–Crippen MR) is 101 cm³/mol. The number of carboxylic acids is 1. The number of aliphatic carboxylic acids is 1. The second-order valence-electron chi connectivity index (χ2n) is 8.26. The molecule has 1 heterocycles. The van der Waals surface area contributed by atoms with Gasteiger partial charge in [0, 0.05) is 25.7 Å². The third kappa shape index (κ3) is 8.68. The highest BCUT2D eigenvalue weighted by molar-refractivity contribution is 5.78. The van der Waals surface area contributed by atoms with Gasteiger partial charge in [0.25, 0.3) is 0 Å². The smallest absolute Gasteiger partial charge is 0.317 e. The summed E-state index contributed by atoms with van der Waals surface area (Å²) in [5.41, 5.74) is 0. The highest BCUT2D eigenvalue weighted by atomic mass is 16.4. The van der Waals surface area contributed by atoms with E-state index in [1.165, 1.54) is 0 Å². The van der Waals surface area contributed by atoms with Crippen molar-refractivity contribution in [2.45, 2.75) is 53.0 Å². The largest absolute Gasteiger partial charge is 0.480 e. The van der Waals surface area contributed by atoms with Crippen molar-refractivity contribution in [3.05, 3.63) is 0 Å². The fraction of sp³-hybridized carbons (Fsp3) is 0.895. The van der Waals surface area contributed by atoms with E-state index in [4.69, 9.17) is 5.11 Å². The third-order valence-corrected chi connectivity index (χ3v) is 4.68. The van der Waals surface area contributed by atoms with Crippen LogP contribution in [0, 0.1) is 11.8 Å². The molecule has 0 aromatic carbocycles. The molecule has 0 saturated carbocycles. The molecule has 0 aliphatic carbocycles. The van der Waals surface area contributed by atoms with Crippen LogP contribution in [0.15, 0.2) is 0 Å². The number of rotatable bonds is 9. The molecule has 0 aromatic rings. The molecule has 1 saturated heterocycles. The van der Waals surface area contributed by atoms with Crippen LogP contribution < -0.4 is 0 Å². The molecule has 1 unspecified atom stereocenters. The lowest BCUT2D eigenvalue weighted by Crippen LogP contribution is -2.44. The zero-order chi connectivity index (χ0) is 19.0. The molecular weight excluding hydrogens is 318 g/mol. The van der Waals surface area contributed by atoms with E-state index in [-0.39, 0.29) is 12.5 Å². The summed E-state index contributed by atoms with van der Waals surface area (Å²) in [7, 11) is 1.88. The lowest BCUT2D eigenvalue weighted by Gasteiger charge is -2.29. The van der Waals surface area contributed by atoms with Gasteiger partial charge in [0.15, 0.2) is 0 Å². The van der Waals surface area contributed by atoms with Gasteiger partial charge in [-0.2, -0.15) is 0 Å². The van der Waals surface area contributed by atoms with Crippen LogP contribution in [0.3, 0.4) is 0 Å². The average Bonchev–Trinajstić information content (AvgIpc) is 2.70. The second kappa shape index (κ2) is 10.8. The van der Waals surface area contributed by atoms with Gasteiger partial charge >= 0.3 is 5.97 Å². The molecule has 25 heavy (non-hydrogen) atoms. The van der Waals surface area contributed by atoms with Crippen LogP contribution in [0.5, 0.6) is 0 Å². The van der Waals surface area contributed by atoms with Crippen molar-refractivity contribution in [3.63, 3.8) is 0 Å². The SMILES string of the molecule is CC(C)CN(CC(C)C)C(=O)CN1CCCC(N(C)CC(=O)O)CC1. The van der Waals surface area contributed by atoms with E-state index in [0.29, 0.717) is 24.4 Å². The number of carboxylic acid groups (broad SMARTS) is 1.